The van der Waals surface area contributed by atoms with E-state index in [1.54, 1.807) is 4.90 Å². The zero-order chi connectivity index (χ0) is 38.6. The molecule has 3 saturated heterocycles. The lowest BCUT2D eigenvalue weighted by molar-refractivity contribution is -0.149. The van der Waals surface area contributed by atoms with Gasteiger partial charge in [-0.15, -0.1) is 6.58 Å². The largest absolute Gasteiger partial charge is 0.378 e. The van der Waals surface area contributed by atoms with E-state index in [1.165, 1.54) is 6.08 Å². The predicted molar refractivity (Wildman–Crippen MR) is 201 cm³/mol. The minimum atomic E-state index is -0.767. The number of Topliss-reactive ketones (excluding diaryl/α,β-unsaturated/α-hetero) is 3. The number of nitrogens with one attached hydrogen (secondary N) is 1. The Bertz CT molecular complexity index is 1360. The standard InChI is InChI=1S/C42H67N3O7/c1-10-18-43-38(50)37(49)28-16-14-12-11-13-15-20-52-27(2)31(39(51)45-26-32-35(42(32,8)9)36(45)33(47)21-28)23-30(46)22-29(40(3,4)5)25-44-19-17-41(6,7)24-34(44)48/h10,27-29,31-32,35-36H,1,11-26H2,2-9H3,(H,43,50)/t27-,28+,29+,31-,32-,35-,36+/m0/s1. The maximum Gasteiger partial charge on any atom is 0.287 e. The van der Waals surface area contributed by atoms with Gasteiger partial charge in [-0.3, -0.25) is 28.8 Å². The third-order valence-corrected chi connectivity index (χ3v) is 12.9. The molecule has 0 spiro atoms. The first-order valence-corrected chi connectivity index (χ1v) is 20.0. The van der Waals surface area contributed by atoms with Crippen molar-refractivity contribution in [2.75, 3.05) is 32.8 Å². The van der Waals surface area contributed by atoms with Crippen molar-refractivity contribution in [1.29, 1.82) is 0 Å². The molecule has 10 nitrogen and oxygen atoms in total. The first-order chi connectivity index (χ1) is 24.3. The first-order valence-electron chi connectivity index (χ1n) is 20.0. The summed E-state index contributed by atoms with van der Waals surface area (Å²) in [7, 11) is 0. The number of hydrogen-bond donors (Lipinski definition) is 1. The van der Waals surface area contributed by atoms with E-state index in [1.807, 2.05) is 11.8 Å². The van der Waals surface area contributed by atoms with Crippen LogP contribution in [0.1, 0.15) is 126 Å². The van der Waals surface area contributed by atoms with E-state index in [2.05, 4.69) is 60.4 Å². The van der Waals surface area contributed by atoms with Crippen LogP contribution in [0.5, 0.6) is 0 Å². The Hall–Kier alpha value is -2.88. The monoisotopic (exact) mass is 725 g/mol. The van der Waals surface area contributed by atoms with Gasteiger partial charge in [0.15, 0.2) is 5.78 Å². The third-order valence-electron chi connectivity index (χ3n) is 12.9. The molecule has 0 aromatic carbocycles. The molecular formula is C42H67N3O7. The van der Waals surface area contributed by atoms with Gasteiger partial charge in [-0.25, -0.2) is 0 Å². The minimum Gasteiger partial charge on any atom is -0.378 e. The Morgan fingerprint density at radius 1 is 1.04 bits per heavy atom. The molecule has 1 N–H and O–H groups in total. The molecule has 3 aliphatic heterocycles. The summed E-state index contributed by atoms with van der Waals surface area (Å²) in [6, 6.07) is -0.714. The summed E-state index contributed by atoms with van der Waals surface area (Å²) in [6.45, 7) is 22.5. The van der Waals surface area contributed by atoms with Crippen molar-refractivity contribution in [2.24, 2.45) is 45.8 Å². The van der Waals surface area contributed by atoms with Gasteiger partial charge >= 0.3 is 0 Å². The van der Waals surface area contributed by atoms with Crippen molar-refractivity contribution >= 4 is 35.1 Å². The molecule has 3 heterocycles. The van der Waals surface area contributed by atoms with E-state index in [-0.39, 0.29) is 83.2 Å². The number of ether oxygens (including phenoxy) is 1. The van der Waals surface area contributed by atoms with Gasteiger partial charge < -0.3 is 19.9 Å². The van der Waals surface area contributed by atoms with E-state index < -0.39 is 35.7 Å². The molecule has 10 heteroatoms. The number of likely N-dealkylation sites (tertiary alicyclic amines) is 1. The Labute approximate surface area is 312 Å². The fourth-order valence-corrected chi connectivity index (χ4v) is 8.96. The van der Waals surface area contributed by atoms with E-state index in [4.69, 9.17) is 4.74 Å². The molecule has 3 amide bonds. The smallest absolute Gasteiger partial charge is 0.287 e. The number of rotatable bonds is 10. The first kappa shape index (κ1) is 41.9. The Balaban J connectivity index is 1.57. The number of carbonyl (C=O) groups is 6. The SMILES string of the molecule is C=CCNC(=O)C(=O)[C@@H]1CCCCCCCO[C@@H](C)[C@H](CC(=O)C[C@H](CN2CCC(C)(C)CC2=O)C(C)(C)C)C(=O)N2C[C@H]3[C@@H]([C@H]2C(=O)C1)C3(C)C. The molecule has 7 atom stereocenters. The van der Waals surface area contributed by atoms with Crippen molar-refractivity contribution < 1.29 is 33.5 Å². The van der Waals surface area contributed by atoms with Crippen LogP contribution in [0.2, 0.25) is 0 Å². The summed E-state index contributed by atoms with van der Waals surface area (Å²) in [4.78, 5) is 85.8. The number of amides is 3. The Morgan fingerprint density at radius 2 is 1.71 bits per heavy atom. The van der Waals surface area contributed by atoms with Crippen LogP contribution in [0, 0.1) is 45.8 Å². The highest BCUT2D eigenvalue weighted by Gasteiger charge is 2.69. The number of ketones is 3. The highest BCUT2D eigenvalue weighted by Crippen LogP contribution is 2.65. The quantitative estimate of drug-likeness (QED) is 0.218. The Morgan fingerprint density at radius 3 is 2.37 bits per heavy atom. The zero-order valence-corrected chi connectivity index (χ0v) is 33.4. The maximum absolute atomic E-state index is 14.7. The zero-order valence-electron chi connectivity index (χ0n) is 33.4. The lowest BCUT2D eigenvalue weighted by atomic mass is 9.75. The number of fused-ring (bicyclic) bond motifs is 3. The maximum atomic E-state index is 14.7. The van der Waals surface area contributed by atoms with Gasteiger partial charge in [0.25, 0.3) is 5.91 Å². The molecule has 0 aromatic heterocycles. The van der Waals surface area contributed by atoms with Crippen LogP contribution in [-0.2, 0) is 33.5 Å². The molecule has 52 heavy (non-hydrogen) atoms. The number of hydrogen-bond acceptors (Lipinski definition) is 7. The van der Waals surface area contributed by atoms with Crippen molar-refractivity contribution in [3.8, 4) is 0 Å². The van der Waals surface area contributed by atoms with Gasteiger partial charge in [0.2, 0.25) is 17.6 Å². The second-order valence-electron chi connectivity index (χ2n) is 18.8. The Kier molecular flexibility index (Phi) is 13.7. The van der Waals surface area contributed by atoms with Gasteiger partial charge in [-0.05, 0) is 60.2 Å². The van der Waals surface area contributed by atoms with E-state index in [0.29, 0.717) is 39.1 Å². The molecule has 0 radical (unpaired) electrons. The van der Waals surface area contributed by atoms with Crippen LogP contribution in [0.4, 0.5) is 0 Å². The molecule has 0 unspecified atom stereocenters. The second-order valence-corrected chi connectivity index (χ2v) is 18.8. The molecule has 0 aromatic rings. The topological polar surface area (TPSA) is 130 Å². The minimum absolute atomic E-state index is 0.00567. The van der Waals surface area contributed by atoms with Gasteiger partial charge in [-0.1, -0.05) is 80.2 Å². The summed E-state index contributed by atoms with van der Waals surface area (Å²) in [5.74, 6) is -3.16. The molecule has 292 valence electrons. The van der Waals surface area contributed by atoms with Crippen LogP contribution in [0.15, 0.2) is 12.7 Å². The van der Waals surface area contributed by atoms with Gasteiger partial charge in [0.1, 0.15) is 5.78 Å². The van der Waals surface area contributed by atoms with Crippen LogP contribution < -0.4 is 5.32 Å². The average molecular weight is 726 g/mol. The summed E-state index contributed by atoms with van der Waals surface area (Å²) in [5, 5.41) is 2.58. The molecule has 4 aliphatic rings. The van der Waals surface area contributed by atoms with Crippen molar-refractivity contribution in [1.82, 2.24) is 15.1 Å². The number of nitrogens with zero attached hydrogens (tertiary/aromatic N) is 2. The number of piperidine rings is 2. The molecule has 1 aliphatic carbocycles. The molecule has 0 bridgehead atoms. The fraction of sp³-hybridized carbons (Fsp3) is 0.810. The lowest BCUT2D eigenvalue weighted by Gasteiger charge is -2.41. The second kappa shape index (κ2) is 17.1. The predicted octanol–water partition coefficient (Wildman–Crippen LogP) is 5.95. The van der Waals surface area contributed by atoms with E-state index in [9.17, 15) is 28.8 Å². The van der Waals surface area contributed by atoms with Gasteiger partial charge in [0, 0.05) is 64.4 Å². The lowest BCUT2D eigenvalue weighted by Crippen LogP contribution is -2.51. The van der Waals surface area contributed by atoms with E-state index in [0.717, 1.165) is 38.5 Å². The van der Waals surface area contributed by atoms with Gasteiger partial charge in [-0.2, -0.15) is 0 Å². The summed E-state index contributed by atoms with van der Waals surface area (Å²) < 4.78 is 6.28. The summed E-state index contributed by atoms with van der Waals surface area (Å²) in [5.41, 5.74) is -0.402. The molecule has 1 saturated carbocycles. The van der Waals surface area contributed by atoms with Gasteiger partial charge in [0.05, 0.1) is 18.1 Å². The van der Waals surface area contributed by atoms with Crippen molar-refractivity contribution in [3.63, 3.8) is 0 Å². The van der Waals surface area contributed by atoms with Crippen molar-refractivity contribution in [2.45, 2.75) is 138 Å². The van der Waals surface area contributed by atoms with Crippen LogP contribution in [-0.4, -0.2) is 89.8 Å². The molecular weight excluding hydrogens is 658 g/mol. The normalized spacial score (nSPS) is 30.6. The van der Waals surface area contributed by atoms with E-state index >= 15 is 0 Å². The summed E-state index contributed by atoms with van der Waals surface area (Å²) >= 11 is 0. The average Bonchev–Trinajstić information content (AvgIpc) is 3.36. The van der Waals surface area contributed by atoms with Crippen LogP contribution in [0.25, 0.3) is 0 Å². The summed E-state index contributed by atoms with van der Waals surface area (Å²) in [6.07, 6.45) is 7.21. The van der Waals surface area contributed by atoms with Crippen LogP contribution in [0.3, 0.4) is 0 Å². The van der Waals surface area contributed by atoms with Crippen molar-refractivity contribution in [3.05, 3.63) is 12.7 Å². The highest BCUT2D eigenvalue weighted by molar-refractivity contribution is 6.37. The fourth-order valence-electron chi connectivity index (χ4n) is 8.96. The number of carbonyl (C=O) groups excluding carboxylic acids is 6. The molecule has 4 rings (SSSR count). The third kappa shape index (κ3) is 10.2. The highest BCUT2D eigenvalue weighted by atomic mass is 16.5. The molecule has 4 fully saturated rings. The van der Waals surface area contributed by atoms with Crippen LogP contribution >= 0.6 is 0 Å².